The molecule has 0 bridgehead atoms. The van der Waals surface area contributed by atoms with Crippen LogP contribution in [0.4, 0.5) is 5.69 Å². The number of ether oxygens (including phenoxy) is 1. The van der Waals surface area contributed by atoms with Crippen molar-refractivity contribution in [2.75, 3.05) is 18.1 Å². The highest BCUT2D eigenvalue weighted by molar-refractivity contribution is 7.85. The van der Waals surface area contributed by atoms with E-state index in [2.05, 4.69) is 0 Å². The first-order valence-corrected chi connectivity index (χ1v) is 6.52. The van der Waals surface area contributed by atoms with Gasteiger partial charge in [-0.05, 0) is 37.1 Å². The van der Waals surface area contributed by atoms with Crippen LogP contribution in [0.2, 0.25) is 0 Å². The number of nitrogens with two attached hydrogens (primary N) is 1. The maximum absolute atomic E-state index is 10.4. The van der Waals surface area contributed by atoms with Crippen molar-refractivity contribution in [2.24, 2.45) is 0 Å². The van der Waals surface area contributed by atoms with Crippen LogP contribution in [0.3, 0.4) is 0 Å². The van der Waals surface area contributed by atoms with Gasteiger partial charge in [-0.3, -0.25) is 4.55 Å². The number of unbranched alkanes of at least 4 members (excludes halogenated alkanes) is 1. The summed E-state index contributed by atoms with van der Waals surface area (Å²) in [6.45, 7) is 0.416. The first-order valence-electron chi connectivity index (χ1n) is 4.91. The Morgan fingerprint density at radius 1 is 1.19 bits per heavy atom. The van der Waals surface area contributed by atoms with Crippen molar-refractivity contribution >= 4 is 15.8 Å². The highest BCUT2D eigenvalue weighted by Gasteiger charge is 2.03. The first kappa shape index (κ1) is 12.8. The molecule has 16 heavy (non-hydrogen) atoms. The van der Waals surface area contributed by atoms with Crippen LogP contribution in [0, 0.1) is 0 Å². The largest absolute Gasteiger partial charge is 0.494 e. The summed E-state index contributed by atoms with van der Waals surface area (Å²) in [5.74, 6) is 0.471. The van der Waals surface area contributed by atoms with Crippen molar-refractivity contribution in [3.05, 3.63) is 24.3 Å². The van der Waals surface area contributed by atoms with Gasteiger partial charge in [-0.25, -0.2) is 0 Å². The van der Waals surface area contributed by atoms with Crippen molar-refractivity contribution in [1.82, 2.24) is 0 Å². The molecule has 0 radical (unpaired) electrons. The topological polar surface area (TPSA) is 89.6 Å². The number of hydrogen-bond donors (Lipinski definition) is 2. The first-order chi connectivity index (χ1) is 7.47. The smallest absolute Gasteiger partial charge is 0.264 e. The maximum Gasteiger partial charge on any atom is 0.264 e. The van der Waals surface area contributed by atoms with Crippen molar-refractivity contribution in [3.8, 4) is 5.75 Å². The molecule has 5 nitrogen and oxygen atoms in total. The third-order valence-corrected chi connectivity index (χ3v) is 2.75. The SMILES string of the molecule is Nc1ccc(OCCCCS(=O)(=O)O)cc1. The molecule has 1 aromatic carbocycles. The zero-order valence-electron chi connectivity index (χ0n) is 8.80. The summed E-state index contributed by atoms with van der Waals surface area (Å²) in [6.07, 6.45) is 0.956. The highest BCUT2D eigenvalue weighted by atomic mass is 32.2. The van der Waals surface area contributed by atoms with Gasteiger partial charge in [0, 0.05) is 5.69 Å². The lowest BCUT2D eigenvalue weighted by Crippen LogP contribution is -2.06. The van der Waals surface area contributed by atoms with Gasteiger partial charge >= 0.3 is 0 Å². The standard InChI is InChI=1S/C10H15NO4S/c11-9-3-5-10(6-4-9)15-7-1-2-8-16(12,13)14/h3-6H,1-2,7-8,11H2,(H,12,13,14). The number of rotatable bonds is 6. The Balaban J connectivity index is 2.19. The summed E-state index contributed by atoms with van der Waals surface area (Å²) in [4.78, 5) is 0. The summed E-state index contributed by atoms with van der Waals surface area (Å²) in [5.41, 5.74) is 6.17. The summed E-state index contributed by atoms with van der Waals surface area (Å²) in [5, 5.41) is 0. The Morgan fingerprint density at radius 2 is 1.81 bits per heavy atom. The molecule has 0 saturated heterocycles. The lowest BCUT2D eigenvalue weighted by atomic mass is 10.3. The molecule has 0 unspecified atom stereocenters. The normalized spacial score (nSPS) is 11.3. The predicted molar refractivity (Wildman–Crippen MR) is 62.0 cm³/mol. The van der Waals surface area contributed by atoms with Crippen molar-refractivity contribution in [2.45, 2.75) is 12.8 Å². The van der Waals surface area contributed by atoms with Crippen LogP contribution >= 0.6 is 0 Å². The van der Waals surface area contributed by atoms with E-state index in [0.29, 0.717) is 30.9 Å². The minimum absolute atomic E-state index is 0.224. The van der Waals surface area contributed by atoms with E-state index in [-0.39, 0.29) is 5.75 Å². The number of hydrogen-bond acceptors (Lipinski definition) is 4. The van der Waals surface area contributed by atoms with E-state index >= 15 is 0 Å². The van der Waals surface area contributed by atoms with E-state index in [1.807, 2.05) is 0 Å². The second-order valence-corrected chi connectivity index (χ2v) is 4.98. The van der Waals surface area contributed by atoms with Gasteiger partial charge in [-0.1, -0.05) is 0 Å². The molecule has 0 fully saturated rings. The van der Waals surface area contributed by atoms with Crippen LogP contribution in [0.5, 0.6) is 5.75 Å². The summed E-state index contributed by atoms with van der Waals surface area (Å²) < 4.78 is 34.6. The molecule has 0 spiro atoms. The molecule has 0 heterocycles. The molecule has 3 N–H and O–H groups in total. The van der Waals surface area contributed by atoms with Crippen LogP contribution < -0.4 is 10.5 Å². The predicted octanol–water partition coefficient (Wildman–Crippen LogP) is 1.32. The lowest BCUT2D eigenvalue weighted by Gasteiger charge is -2.05. The summed E-state index contributed by atoms with van der Waals surface area (Å²) in [7, 11) is -3.85. The van der Waals surface area contributed by atoms with Crippen LogP contribution in [-0.2, 0) is 10.1 Å². The van der Waals surface area contributed by atoms with Crippen molar-refractivity contribution in [3.63, 3.8) is 0 Å². The third-order valence-electron chi connectivity index (χ3n) is 1.95. The molecule has 90 valence electrons. The van der Waals surface area contributed by atoms with Gasteiger partial charge in [0.15, 0.2) is 0 Å². The van der Waals surface area contributed by atoms with Gasteiger partial charge in [0.05, 0.1) is 12.4 Å². The van der Waals surface area contributed by atoms with E-state index in [4.69, 9.17) is 15.0 Å². The van der Waals surface area contributed by atoms with Gasteiger partial charge in [0.2, 0.25) is 0 Å². The molecule has 0 amide bonds. The average molecular weight is 245 g/mol. The fourth-order valence-corrected chi connectivity index (χ4v) is 1.71. The number of benzene rings is 1. The fraction of sp³-hybridized carbons (Fsp3) is 0.400. The molecule has 1 rings (SSSR count). The van der Waals surface area contributed by atoms with Gasteiger partial charge in [-0.15, -0.1) is 0 Å². The summed E-state index contributed by atoms with van der Waals surface area (Å²) in [6, 6.07) is 6.96. The van der Waals surface area contributed by atoms with E-state index in [1.165, 1.54) is 0 Å². The second-order valence-electron chi connectivity index (χ2n) is 3.41. The van der Waals surface area contributed by atoms with E-state index < -0.39 is 10.1 Å². The molecule has 0 aliphatic carbocycles. The zero-order valence-corrected chi connectivity index (χ0v) is 9.61. The van der Waals surface area contributed by atoms with Crippen LogP contribution in [-0.4, -0.2) is 25.3 Å². The quantitative estimate of drug-likeness (QED) is 0.448. The lowest BCUT2D eigenvalue weighted by molar-refractivity contribution is 0.309. The van der Waals surface area contributed by atoms with Gasteiger partial charge < -0.3 is 10.5 Å². The number of nitrogen functional groups attached to an aromatic ring is 1. The molecule has 1 aromatic rings. The third kappa shape index (κ3) is 5.57. The highest BCUT2D eigenvalue weighted by Crippen LogP contribution is 2.13. The molecule has 0 aliphatic heterocycles. The van der Waals surface area contributed by atoms with Crippen molar-refractivity contribution < 1.29 is 17.7 Å². The van der Waals surface area contributed by atoms with Gasteiger partial charge in [0.25, 0.3) is 10.1 Å². The Bertz CT molecular complexity index is 413. The molecule has 6 heteroatoms. The fourth-order valence-electron chi connectivity index (χ4n) is 1.14. The molecule has 0 aliphatic rings. The zero-order chi connectivity index (χ0) is 12.0. The monoisotopic (exact) mass is 245 g/mol. The van der Waals surface area contributed by atoms with E-state index in [0.717, 1.165) is 0 Å². The van der Waals surface area contributed by atoms with Crippen LogP contribution in [0.25, 0.3) is 0 Å². The minimum atomic E-state index is -3.85. The van der Waals surface area contributed by atoms with Crippen LogP contribution in [0.1, 0.15) is 12.8 Å². The second kappa shape index (κ2) is 5.72. The Labute approximate surface area is 95.0 Å². The maximum atomic E-state index is 10.4. The molecule has 0 aromatic heterocycles. The molecular formula is C10H15NO4S. The molecule has 0 atom stereocenters. The van der Waals surface area contributed by atoms with E-state index in [1.54, 1.807) is 24.3 Å². The Morgan fingerprint density at radius 3 is 2.38 bits per heavy atom. The molecule has 0 saturated carbocycles. The average Bonchev–Trinajstić information content (AvgIpc) is 2.19. The van der Waals surface area contributed by atoms with Gasteiger partial charge in [-0.2, -0.15) is 8.42 Å². The van der Waals surface area contributed by atoms with Gasteiger partial charge in [0.1, 0.15) is 5.75 Å². The summed E-state index contributed by atoms with van der Waals surface area (Å²) >= 11 is 0. The van der Waals surface area contributed by atoms with Crippen molar-refractivity contribution in [1.29, 1.82) is 0 Å². The minimum Gasteiger partial charge on any atom is -0.494 e. The number of anilines is 1. The van der Waals surface area contributed by atoms with E-state index in [9.17, 15) is 8.42 Å². The molecular weight excluding hydrogens is 230 g/mol. The Kier molecular flexibility index (Phi) is 4.57. The Hall–Kier alpha value is -1.27. The van der Waals surface area contributed by atoms with Crippen LogP contribution in [0.15, 0.2) is 24.3 Å².